The number of piperidine rings is 1. The number of alkyl halides is 3. The Labute approximate surface area is 182 Å². The number of amides is 1. The maximum atomic E-state index is 12.9. The Morgan fingerprint density at radius 3 is 2.29 bits per heavy atom. The van der Waals surface area contributed by atoms with Crippen molar-refractivity contribution in [3.05, 3.63) is 29.8 Å². The van der Waals surface area contributed by atoms with E-state index in [0.29, 0.717) is 6.54 Å². The van der Waals surface area contributed by atoms with Gasteiger partial charge in [0, 0.05) is 36.4 Å². The Balaban J connectivity index is 1.69. The summed E-state index contributed by atoms with van der Waals surface area (Å²) in [7, 11) is 0. The maximum absolute atomic E-state index is 12.9. The van der Waals surface area contributed by atoms with Gasteiger partial charge >= 0.3 is 12.3 Å². The Hall–Kier alpha value is -1.96. The first-order chi connectivity index (χ1) is 14.5. The van der Waals surface area contributed by atoms with Crippen molar-refractivity contribution in [1.29, 1.82) is 0 Å². The fourth-order valence-electron chi connectivity index (χ4n) is 5.05. The molecule has 5 nitrogen and oxygen atoms in total. The first-order valence-electron chi connectivity index (χ1n) is 11.2. The molecule has 0 spiro atoms. The normalized spacial score (nSPS) is 25.4. The zero-order chi connectivity index (χ0) is 22.8. The summed E-state index contributed by atoms with van der Waals surface area (Å²) in [4.78, 5) is 15.7. The average molecular weight is 442 g/mol. The average Bonchev–Trinajstić information content (AvgIpc) is 2.68. The molecular weight excluding hydrogens is 407 g/mol. The first kappa shape index (κ1) is 23.7. The molecule has 2 aliphatic rings. The maximum Gasteiger partial charge on any atom is 0.416 e. The predicted octanol–water partition coefficient (Wildman–Crippen LogP) is 5.35. The van der Waals surface area contributed by atoms with Gasteiger partial charge in [-0.25, -0.2) is 4.79 Å². The molecule has 8 heteroatoms. The molecule has 0 radical (unpaired) electrons. The van der Waals surface area contributed by atoms with Crippen molar-refractivity contribution in [1.82, 2.24) is 10.2 Å². The highest BCUT2D eigenvalue weighted by Gasteiger charge is 2.40. The number of benzene rings is 1. The fraction of sp³-hybridized carbons (Fsp3) is 0.696. The van der Waals surface area contributed by atoms with Crippen LogP contribution in [0.25, 0.3) is 0 Å². The Morgan fingerprint density at radius 1 is 1.06 bits per heavy atom. The molecule has 1 saturated carbocycles. The number of hydrogen-bond donors (Lipinski definition) is 2. The van der Waals surface area contributed by atoms with Crippen molar-refractivity contribution in [2.45, 2.75) is 89.1 Å². The van der Waals surface area contributed by atoms with E-state index in [9.17, 15) is 23.1 Å². The molecule has 0 aromatic heterocycles. The standard InChI is InChI=1S/C23H34F3N3O2/c1-22(2,3)29(21(30)31)20-9-5-4-8-19(20)27-17-7-6-14-28(15-17)18-12-10-16(11-13-18)23(24,25)26/h10-13,17,19-20,27H,4-9,14-15H2,1-3H3,(H,30,31)/t17-,19+,20+/m0/s1. The van der Waals surface area contributed by atoms with E-state index in [4.69, 9.17) is 0 Å². The zero-order valence-electron chi connectivity index (χ0n) is 18.6. The topological polar surface area (TPSA) is 55.8 Å². The monoisotopic (exact) mass is 441 g/mol. The zero-order valence-corrected chi connectivity index (χ0v) is 18.6. The van der Waals surface area contributed by atoms with Crippen LogP contribution in [0.1, 0.15) is 64.9 Å². The van der Waals surface area contributed by atoms with Gasteiger partial charge in [-0.3, -0.25) is 4.90 Å². The molecule has 1 aliphatic carbocycles. The summed E-state index contributed by atoms with van der Waals surface area (Å²) in [6, 6.07) is 5.54. The highest BCUT2D eigenvalue weighted by atomic mass is 19.4. The summed E-state index contributed by atoms with van der Waals surface area (Å²) in [6.07, 6.45) is 0.565. The summed E-state index contributed by atoms with van der Waals surface area (Å²) >= 11 is 0. The van der Waals surface area contributed by atoms with Gasteiger partial charge in [-0.15, -0.1) is 0 Å². The van der Waals surface area contributed by atoms with E-state index in [-0.39, 0.29) is 18.1 Å². The van der Waals surface area contributed by atoms with Crippen LogP contribution in [0.5, 0.6) is 0 Å². The Bertz CT molecular complexity index is 746. The molecule has 1 aromatic rings. The van der Waals surface area contributed by atoms with Gasteiger partial charge in [0.05, 0.1) is 11.6 Å². The van der Waals surface area contributed by atoms with Crippen LogP contribution in [0, 0.1) is 0 Å². The van der Waals surface area contributed by atoms with Crippen LogP contribution >= 0.6 is 0 Å². The largest absolute Gasteiger partial charge is 0.465 e. The number of carbonyl (C=O) groups is 1. The van der Waals surface area contributed by atoms with E-state index in [2.05, 4.69) is 10.2 Å². The molecule has 0 bridgehead atoms. The van der Waals surface area contributed by atoms with Crippen molar-refractivity contribution < 1.29 is 23.1 Å². The summed E-state index contributed by atoms with van der Waals surface area (Å²) in [6.45, 7) is 7.30. The molecule has 1 heterocycles. The third-order valence-corrected chi connectivity index (χ3v) is 6.42. The quantitative estimate of drug-likeness (QED) is 0.661. The summed E-state index contributed by atoms with van der Waals surface area (Å²) in [5.74, 6) is 0. The lowest BCUT2D eigenvalue weighted by Crippen LogP contribution is -2.62. The van der Waals surface area contributed by atoms with E-state index >= 15 is 0 Å². The van der Waals surface area contributed by atoms with Crippen LogP contribution in [0.4, 0.5) is 23.7 Å². The third-order valence-electron chi connectivity index (χ3n) is 6.42. The molecule has 2 fully saturated rings. The van der Waals surface area contributed by atoms with Crippen molar-refractivity contribution in [3.8, 4) is 0 Å². The van der Waals surface area contributed by atoms with E-state index in [1.54, 1.807) is 17.0 Å². The lowest BCUT2D eigenvalue weighted by atomic mass is 9.86. The van der Waals surface area contributed by atoms with E-state index in [1.807, 2.05) is 20.8 Å². The summed E-state index contributed by atoms with van der Waals surface area (Å²) in [5, 5.41) is 13.6. The van der Waals surface area contributed by atoms with Gasteiger partial charge < -0.3 is 15.3 Å². The number of rotatable bonds is 4. The highest BCUT2D eigenvalue weighted by molar-refractivity contribution is 5.66. The second-order valence-electron chi connectivity index (χ2n) is 9.78. The summed E-state index contributed by atoms with van der Waals surface area (Å²) in [5.41, 5.74) is -0.322. The Kier molecular flexibility index (Phi) is 7.08. The van der Waals surface area contributed by atoms with Gasteiger partial charge in [-0.1, -0.05) is 12.8 Å². The molecule has 2 N–H and O–H groups in total. The molecule has 1 amide bonds. The van der Waals surface area contributed by atoms with Crippen LogP contribution in [-0.4, -0.2) is 52.9 Å². The molecule has 31 heavy (non-hydrogen) atoms. The van der Waals surface area contributed by atoms with Gasteiger partial charge in [-0.05, 0) is 70.7 Å². The SMILES string of the molecule is CC(C)(C)N(C(=O)O)[C@@H]1CCCC[C@H]1N[C@H]1CCCN(c2ccc(C(F)(F)F)cc2)C1. The van der Waals surface area contributed by atoms with Crippen molar-refractivity contribution in [3.63, 3.8) is 0 Å². The lowest BCUT2D eigenvalue weighted by molar-refractivity contribution is -0.137. The van der Waals surface area contributed by atoms with Crippen LogP contribution in [-0.2, 0) is 6.18 Å². The molecule has 1 aliphatic heterocycles. The van der Waals surface area contributed by atoms with Crippen molar-refractivity contribution in [2.75, 3.05) is 18.0 Å². The second-order valence-corrected chi connectivity index (χ2v) is 9.78. The number of halogens is 3. The van der Waals surface area contributed by atoms with E-state index < -0.39 is 23.4 Å². The number of anilines is 1. The second kappa shape index (κ2) is 9.27. The Morgan fingerprint density at radius 2 is 1.71 bits per heavy atom. The van der Waals surface area contributed by atoms with Crippen molar-refractivity contribution in [2.24, 2.45) is 0 Å². The van der Waals surface area contributed by atoms with Gasteiger partial charge in [0.1, 0.15) is 0 Å². The van der Waals surface area contributed by atoms with Crippen molar-refractivity contribution >= 4 is 11.8 Å². The van der Waals surface area contributed by atoms with Crippen LogP contribution < -0.4 is 10.2 Å². The number of nitrogens with one attached hydrogen (secondary N) is 1. The van der Waals surface area contributed by atoms with Gasteiger partial charge in [-0.2, -0.15) is 13.2 Å². The minimum atomic E-state index is -4.33. The van der Waals surface area contributed by atoms with Crippen LogP contribution in [0.2, 0.25) is 0 Å². The first-order valence-corrected chi connectivity index (χ1v) is 11.2. The smallest absolute Gasteiger partial charge is 0.416 e. The molecule has 3 atom stereocenters. The molecule has 0 unspecified atom stereocenters. The predicted molar refractivity (Wildman–Crippen MR) is 115 cm³/mol. The molecule has 1 saturated heterocycles. The number of hydrogen-bond acceptors (Lipinski definition) is 3. The number of nitrogens with zero attached hydrogens (tertiary/aromatic N) is 2. The van der Waals surface area contributed by atoms with Gasteiger partial charge in [0.25, 0.3) is 0 Å². The van der Waals surface area contributed by atoms with Crippen LogP contribution in [0.3, 0.4) is 0 Å². The van der Waals surface area contributed by atoms with E-state index in [0.717, 1.165) is 62.9 Å². The van der Waals surface area contributed by atoms with E-state index in [1.165, 1.54) is 0 Å². The molecule has 174 valence electrons. The van der Waals surface area contributed by atoms with Gasteiger partial charge in [0.2, 0.25) is 0 Å². The lowest BCUT2D eigenvalue weighted by Gasteiger charge is -2.47. The van der Waals surface area contributed by atoms with Gasteiger partial charge in [0.15, 0.2) is 0 Å². The minimum absolute atomic E-state index is 0.0762. The molecular formula is C23H34F3N3O2. The molecule has 3 rings (SSSR count). The minimum Gasteiger partial charge on any atom is -0.465 e. The van der Waals surface area contributed by atoms with Crippen LogP contribution in [0.15, 0.2) is 24.3 Å². The fourth-order valence-corrected chi connectivity index (χ4v) is 5.05. The third kappa shape index (κ3) is 5.84. The summed E-state index contributed by atoms with van der Waals surface area (Å²) < 4.78 is 38.6. The molecule has 1 aromatic carbocycles. The number of carboxylic acid groups (broad SMARTS) is 1. The highest BCUT2D eigenvalue weighted by Crippen LogP contribution is 2.32.